The molecule has 2 nitrogen and oxygen atoms in total. The first-order chi connectivity index (χ1) is 10.2. The molecule has 0 aromatic heterocycles. The molecule has 1 aromatic rings. The van der Waals surface area contributed by atoms with Crippen molar-refractivity contribution in [1.82, 2.24) is 0 Å². The van der Waals surface area contributed by atoms with Gasteiger partial charge in [-0.25, -0.2) is 0 Å². The average Bonchev–Trinajstić information content (AvgIpc) is 2.50. The maximum atomic E-state index is 6.19. The van der Waals surface area contributed by atoms with Gasteiger partial charge in [-0.05, 0) is 67.4 Å². The zero-order valence-corrected chi connectivity index (χ0v) is 15.1. The molecule has 4 heteroatoms. The number of rotatable bonds is 3. The Morgan fingerprint density at radius 3 is 2.95 bits per heavy atom. The third-order valence-corrected chi connectivity index (χ3v) is 6.18. The van der Waals surface area contributed by atoms with E-state index in [-0.39, 0.29) is 5.60 Å². The number of ether oxygens (including phenoxy) is 1. The molecule has 2 heterocycles. The van der Waals surface area contributed by atoms with Crippen LogP contribution in [0.25, 0.3) is 0 Å². The molecule has 3 rings (SSSR count). The molecule has 0 aliphatic carbocycles. The Morgan fingerprint density at radius 1 is 1.38 bits per heavy atom. The topological polar surface area (TPSA) is 21.3 Å². The summed E-state index contributed by atoms with van der Waals surface area (Å²) in [7, 11) is 0. The third-order valence-electron chi connectivity index (χ3n) is 4.70. The number of hydrogen-bond donors (Lipinski definition) is 1. The third kappa shape index (κ3) is 3.77. The van der Waals surface area contributed by atoms with Gasteiger partial charge in [0.05, 0.1) is 5.60 Å². The highest BCUT2D eigenvalue weighted by atomic mass is 79.9. The van der Waals surface area contributed by atoms with Gasteiger partial charge >= 0.3 is 0 Å². The van der Waals surface area contributed by atoms with Crippen molar-refractivity contribution in [3.8, 4) is 0 Å². The molecule has 2 aliphatic heterocycles. The fourth-order valence-corrected chi connectivity index (χ4v) is 5.10. The first-order valence-electron chi connectivity index (χ1n) is 7.97. The molecule has 1 spiro atoms. The van der Waals surface area contributed by atoms with Crippen LogP contribution in [0.4, 0.5) is 5.69 Å². The lowest BCUT2D eigenvalue weighted by atomic mass is 9.85. The van der Waals surface area contributed by atoms with Crippen molar-refractivity contribution in [3.63, 3.8) is 0 Å². The molecular weight excluding hydrogens is 346 g/mol. The van der Waals surface area contributed by atoms with E-state index in [1.165, 1.54) is 35.6 Å². The van der Waals surface area contributed by atoms with Gasteiger partial charge in [0.15, 0.2) is 0 Å². The van der Waals surface area contributed by atoms with E-state index >= 15 is 0 Å². The van der Waals surface area contributed by atoms with E-state index in [2.05, 4.69) is 58.1 Å². The molecule has 21 heavy (non-hydrogen) atoms. The maximum Gasteiger partial charge on any atom is 0.0717 e. The monoisotopic (exact) mass is 369 g/mol. The number of nitrogens with one attached hydrogen (secondary N) is 1. The van der Waals surface area contributed by atoms with Crippen LogP contribution in [0.15, 0.2) is 22.7 Å². The fraction of sp³-hybridized carbons (Fsp3) is 0.647. The molecular formula is C17H24BrNOS. The molecule has 0 radical (unpaired) electrons. The minimum absolute atomic E-state index is 0.156. The van der Waals surface area contributed by atoms with Crippen LogP contribution >= 0.6 is 27.7 Å². The molecule has 1 unspecified atom stereocenters. The van der Waals surface area contributed by atoms with E-state index in [1.807, 2.05) is 0 Å². The lowest BCUT2D eigenvalue weighted by molar-refractivity contribution is -0.0865. The van der Waals surface area contributed by atoms with Crippen molar-refractivity contribution in [2.24, 2.45) is 0 Å². The van der Waals surface area contributed by atoms with Crippen molar-refractivity contribution in [2.45, 2.75) is 50.7 Å². The summed E-state index contributed by atoms with van der Waals surface area (Å²) in [5.74, 6) is 2.51. The second kappa shape index (κ2) is 6.93. The Labute approximate surface area is 140 Å². The van der Waals surface area contributed by atoms with Gasteiger partial charge in [0.2, 0.25) is 0 Å². The van der Waals surface area contributed by atoms with Crippen molar-refractivity contribution in [1.29, 1.82) is 0 Å². The van der Waals surface area contributed by atoms with Crippen LogP contribution in [-0.4, -0.2) is 29.8 Å². The molecule has 2 fully saturated rings. The van der Waals surface area contributed by atoms with Crippen LogP contribution in [0.1, 0.15) is 38.2 Å². The molecule has 0 bridgehead atoms. The van der Waals surface area contributed by atoms with Gasteiger partial charge in [-0.15, -0.1) is 0 Å². The number of hydrogen-bond acceptors (Lipinski definition) is 3. The van der Waals surface area contributed by atoms with E-state index in [4.69, 9.17) is 4.74 Å². The predicted octanol–water partition coefficient (Wildman–Crippen LogP) is 4.87. The second-order valence-electron chi connectivity index (χ2n) is 6.13. The molecule has 1 aromatic carbocycles. The van der Waals surface area contributed by atoms with Gasteiger partial charge in [0.25, 0.3) is 0 Å². The minimum atomic E-state index is 0.156. The van der Waals surface area contributed by atoms with E-state index in [0.717, 1.165) is 30.3 Å². The van der Waals surface area contributed by atoms with Crippen LogP contribution in [0.2, 0.25) is 0 Å². The van der Waals surface area contributed by atoms with Crippen molar-refractivity contribution in [3.05, 3.63) is 28.2 Å². The van der Waals surface area contributed by atoms with E-state index in [0.29, 0.717) is 6.04 Å². The molecule has 1 atom stereocenters. The summed E-state index contributed by atoms with van der Waals surface area (Å²) in [4.78, 5) is 0. The smallest absolute Gasteiger partial charge is 0.0717 e. The summed E-state index contributed by atoms with van der Waals surface area (Å²) in [5.41, 5.74) is 2.85. The number of halogens is 1. The van der Waals surface area contributed by atoms with Crippen LogP contribution < -0.4 is 5.32 Å². The summed E-state index contributed by atoms with van der Waals surface area (Å²) < 4.78 is 7.35. The first-order valence-corrected chi connectivity index (χ1v) is 9.92. The summed E-state index contributed by atoms with van der Waals surface area (Å²) in [6, 6.07) is 7.12. The largest absolute Gasteiger partial charge is 0.382 e. The van der Waals surface area contributed by atoms with Gasteiger partial charge in [-0.2, -0.15) is 11.8 Å². The van der Waals surface area contributed by atoms with Crippen LogP contribution in [0.3, 0.4) is 0 Å². The fourth-order valence-electron chi connectivity index (χ4n) is 3.46. The van der Waals surface area contributed by atoms with Crippen molar-refractivity contribution in [2.75, 3.05) is 23.4 Å². The highest BCUT2D eigenvalue weighted by Gasteiger charge is 2.38. The number of benzene rings is 1. The number of anilines is 1. The Bertz CT molecular complexity index is 482. The average molecular weight is 370 g/mol. The highest BCUT2D eigenvalue weighted by Crippen LogP contribution is 2.38. The number of thioether (sulfide) groups is 1. The lowest BCUT2D eigenvalue weighted by Gasteiger charge is -2.43. The molecule has 2 saturated heterocycles. The lowest BCUT2D eigenvalue weighted by Crippen LogP contribution is -2.46. The van der Waals surface area contributed by atoms with Gasteiger partial charge < -0.3 is 10.1 Å². The van der Waals surface area contributed by atoms with Crippen molar-refractivity contribution < 1.29 is 4.74 Å². The SMILES string of the molecule is CCc1cc(Br)ccc1NC1CCOC2(CCSCC2)C1. The maximum absolute atomic E-state index is 6.19. The number of aryl methyl sites for hydroxylation is 1. The van der Waals surface area contributed by atoms with Crippen LogP contribution in [0, 0.1) is 0 Å². The molecule has 0 saturated carbocycles. The zero-order valence-electron chi connectivity index (χ0n) is 12.7. The predicted molar refractivity (Wildman–Crippen MR) is 95.4 cm³/mol. The van der Waals surface area contributed by atoms with Gasteiger partial charge in [-0.1, -0.05) is 22.9 Å². The molecule has 2 aliphatic rings. The quantitative estimate of drug-likeness (QED) is 0.820. The molecule has 0 amide bonds. The summed E-state index contributed by atoms with van der Waals surface area (Å²) in [6.45, 7) is 3.12. The Kier molecular flexibility index (Phi) is 5.18. The Balaban J connectivity index is 1.70. The molecule has 1 N–H and O–H groups in total. The normalized spacial score (nSPS) is 25.0. The van der Waals surface area contributed by atoms with Gasteiger partial charge in [-0.3, -0.25) is 0 Å². The summed E-state index contributed by atoms with van der Waals surface area (Å²) in [5, 5.41) is 3.79. The van der Waals surface area contributed by atoms with Crippen LogP contribution in [-0.2, 0) is 11.2 Å². The molecule has 116 valence electrons. The Morgan fingerprint density at radius 2 is 2.19 bits per heavy atom. The van der Waals surface area contributed by atoms with Gasteiger partial charge in [0, 0.05) is 22.8 Å². The highest BCUT2D eigenvalue weighted by molar-refractivity contribution is 9.10. The second-order valence-corrected chi connectivity index (χ2v) is 8.27. The standard InChI is InChI=1S/C17H24BrNOS/c1-2-13-11-14(18)3-4-16(13)19-15-5-8-20-17(12-15)6-9-21-10-7-17/h3-4,11,15,19H,2,5-10,12H2,1H3. The summed E-state index contributed by atoms with van der Waals surface area (Å²) in [6.07, 6.45) is 5.78. The minimum Gasteiger partial charge on any atom is -0.382 e. The first kappa shape index (κ1) is 15.7. The Hall–Kier alpha value is -0.190. The van der Waals surface area contributed by atoms with E-state index in [1.54, 1.807) is 0 Å². The van der Waals surface area contributed by atoms with Crippen molar-refractivity contribution >= 4 is 33.4 Å². The summed E-state index contributed by atoms with van der Waals surface area (Å²) >= 11 is 5.64. The zero-order chi connectivity index (χ0) is 14.7. The van der Waals surface area contributed by atoms with E-state index in [9.17, 15) is 0 Å². The van der Waals surface area contributed by atoms with Crippen LogP contribution in [0.5, 0.6) is 0 Å². The van der Waals surface area contributed by atoms with E-state index < -0.39 is 0 Å². The van der Waals surface area contributed by atoms with Gasteiger partial charge in [0.1, 0.15) is 0 Å².